The summed E-state index contributed by atoms with van der Waals surface area (Å²) in [5.74, 6) is -1.69. The molecule has 0 spiro atoms. The van der Waals surface area contributed by atoms with Crippen LogP contribution in [0.15, 0.2) is 65.7 Å². The van der Waals surface area contributed by atoms with Gasteiger partial charge in [0.1, 0.15) is 23.5 Å². The van der Waals surface area contributed by atoms with E-state index in [1.54, 1.807) is 0 Å². The number of benzene rings is 2. The molecule has 0 fully saturated rings. The molecule has 3 aromatic rings. The van der Waals surface area contributed by atoms with Crippen molar-refractivity contribution in [1.29, 1.82) is 0 Å². The zero-order valence-corrected chi connectivity index (χ0v) is 17.7. The first-order chi connectivity index (χ1) is 14.7. The van der Waals surface area contributed by atoms with Gasteiger partial charge in [0.25, 0.3) is 0 Å². The van der Waals surface area contributed by atoms with Crippen LogP contribution in [0.1, 0.15) is 22.1 Å². The molecule has 0 radical (unpaired) electrons. The molecule has 0 amide bonds. The second-order valence-electron chi connectivity index (χ2n) is 6.38. The van der Waals surface area contributed by atoms with Crippen LogP contribution in [0.25, 0.3) is 0 Å². The minimum absolute atomic E-state index is 0.0405. The predicted octanol–water partition coefficient (Wildman–Crippen LogP) is 4.86. The van der Waals surface area contributed by atoms with E-state index in [-0.39, 0.29) is 22.8 Å². The fourth-order valence-corrected chi connectivity index (χ4v) is 4.72. The molecule has 3 rings (SSSR count). The molecule has 0 aliphatic heterocycles. The Morgan fingerprint density at radius 2 is 1.81 bits per heavy atom. The maximum atomic E-state index is 14.6. The molecule has 31 heavy (non-hydrogen) atoms. The second-order valence-corrected chi connectivity index (χ2v) is 8.85. The summed E-state index contributed by atoms with van der Waals surface area (Å²) in [7, 11) is -3.08. The molecule has 10 heteroatoms. The average Bonchev–Trinajstić information content (AvgIpc) is 2.75. The summed E-state index contributed by atoms with van der Waals surface area (Å²) in [6.45, 7) is -0.164. The molecule has 1 aromatic heterocycles. The number of carbonyl (C=O) groups is 1. The molecule has 0 N–H and O–H groups in total. The van der Waals surface area contributed by atoms with Crippen molar-refractivity contribution in [2.24, 2.45) is 0 Å². The third kappa shape index (κ3) is 5.18. The van der Waals surface area contributed by atoms with E-state index in [9.17, 15) is 22.0 Å². The van der Waals surface area contributed by atoms with Gasteiger partial charge in [-0.15, -0.1) is 0 Å². The fraction of sp³-hybridized carbons (Fsp3) is 0.143. The van der Waals surface area contributed by atoms with Gasteiger partial charge in [-0.1, -0.05) is 17.7 Å². The van der Waals surface area contributed by atoms with E-state index in [2.05, 4.69) is 9.72 Å². The predicted molar refractivity (Wildman–Crippen MR) is 108 cm³/mol. The number of nitrogens with zero attached hydrogens (tertiary/aromatic N) is 1. The van der Waals surface area contributed by atoms with Crippen molar-refractivity contribution in [3.63, 3.8) is 0 Å². The molecule has 1 unspecified atom stereocenters. The SMILES string of the molecule is COC(=O)OCc1ccc(C(c2cc(F)ccc2F)S(=O)(=O)c2ccc(Cl)cc2)nc1. The Balaban J connectivity index is 2.07. The summed E-state index contributed by atoms with van der Waals surface area (Å²) in [5, 5.41) is -1.31. The highest BCUT2D eigenvalue weighted by Gasteiger charge is 2.34. The lowest BCUT2D eigenvalue weighted by Crippen LogP contribution is -2.18. The highest BCUT2D eigenvalue weighted by molar-refractivity contribution is 7.91. The highest BCUT2D eigenvalue weighted by Crippen LogP contribution is 2.36. The molecular weight excluding hydrogens is 452 g/mol. The van der Waals surface area contributed by atoms with E-state index >= 15 is 0 Å². The Kier molecular flexibility index (Phi) is 6.87. The van der Waals surface area contributed by atoms with E-state index in [0.29, 0.717) is 10.6 Å². The van der Waals surface area contributed by atoms with Gasteiger partial charge in [-0.2, -0.15) is 0 Å². The van der Waals surface area contributed by atoms with Crippen LogP contribution >= 0.6 is 11.6 Å². The zero-order valence-electron chi connectivity index (χ0n) is 16.1. The second kappa shape index (κ2) is 9.40. The van der Waals surface area contributed by atoms with Crippen LogP contribution in [0.5, 0.6) is 0 Å². The van der Waals surface area contributed by atoms with E-state index in [0.717, 1.165) is 25.3 Å². The van der Waals surface area contributed by atoms with Crippen molar-refractivity contribution in [3.05, 3.63) is 94.3 Å². The van der Waals surface area contributed by atoms with E-state index in [4.69, 9.17) is 16.3 Å². The van der Waals surface area contributed by atoms with Gasteiger partial charge in [-0.05, 0) is 48.5 Å². The van der Waals surface area contributed by atoms with Gasteiger partial charge in [0.2, 0.25) is 0 Å². The molecule has 1 atom stereocenters. The number of rotatable bonds is 6. The third-order valence-corrected chi connectivity index (χ3v) is 6.63. The number of methoxy groups -OCH3 is 1. The van der Waals surface area contributed by atoms with Crippen molar-refractivity contribution < 1.29 is 31.5 Å². The van der Waals surface area contributed by atoms with Crippen molar-refractivity contribution >= 4 is 27.6 Å². The summed E-state index contributed by atoms with van der Waals surface area (Å²) in [5.41, 5.74) is 0.0128. The van der Waals surface area contributed by atoms with Gasteiger partial charge < -0.3 is 9.47 Å². The molecule has 0 aliphatic rings. The lowest BCUT2D eigenvalue weighted by molar-refractivity contribution is 0.0668. The van der Waals surface area contributed by atoms with E-state index in [1.165, 1.54) is 42.6 Å². The number of halogens is 3. The van der Waals surface area contributed by atoms with Gasteiger partial charge in [0.05, 0.1) is 17.7 Å². The number of sulfone groups is 1. The van der Waals surface area contributed by atoms with Crippen molar-refractivity contribution in [2.75, 3.05) is 7.11 Å². The molecule has 2 aromatic carbocycles. The number of ether oxygens (including phenoxy) is 2. The van der Waals surface area contributed by atoms with Crippen LogP contribution in [-0.4, -0.2) is 26.7 Å². The molecule has 0 saturated carbocycles. The minimum atomic E-state index is -4.24. The van der Waals surface area contributed by atoms with Crippen LogP contribution in [0.4, 0.5) is 13.6 Å². The smallest absolute Gasteiger partial charge is 0.438 e. The molecule has 0 saturated heterocycles. The summed E-state index contributed by atoms with van der Waals surface area (Å²) >= 11 is 5.84. The van der Waals surface area contributed by atoms with Crippen LogP contribution in [0.3, 0.4) is 0 Å². The molecular formula is C21H16ClF2NO5S. The van der Waals surface area contributed by atoms with Crippen molar-refractivity contribution in [3.8, 4) is 0 Å². The van der Waals surface area contributed by atoms with Crippen LogP contribution in [0, 0.1) is 11.6 Å². The summed E-state index contributed by atoms with van der Waals surface area (Å²) < 4.78 is 64.4. The van der Waals surface area contributed by atoms with Gasteiger partial charge >= 0.3 is 6.16 Å². The maximum absolute atomic E-state index is 14.6. The van der Waals surface area contributed by atoms with Crippen molar-refractivity contribution in [1.82, 2.24) is 4.98 Å². The van der Waals surface area contributed by atoms with Crippen LogP contribution in [0.2, 0.25) is 5.02 Å². The van der Waals surface area contributed by atoms with E-state index < -0.39 is 32.9 Å². The number of aromatic nitrogens is 1. The Morgan fingerprint density at radius 3 is 2.42 bits per heavy atom. The lowest BCUT2D eigenvalue weighted by atomic mass is 10.1. The van der Waals surface area contributed by atoms with Crippen molar-refractivity contribution in [2.45, 2.75) is 16.8 Å². The monoisotopic (exact) mass is 467 g/mol. The largest absolute Gasteiger partial charge is 0.508 e. The quantitative estimate of drug-likeness (QED) is 0.481. The van der Waals surface area contributed by atoms with Gasteiger partial charge in [0.15, 0.2) is 9.84 Å². The molecule has 6 nitrogen and oxygen atoms in total. The standard InChI is InChI=1S/C21H16ClF2NO5S/c1-29-21(26)30-12-13-2-9-19(25-11-13)20(17-10-15(23)5-8-18(17)24)31(27,28)16-6-3-14(22)4-7-16/h2-11,20H,12H2,1H3. The van der Waals surface area contributed by atoms with Gasteiger partial charge in [0, 0.05) is 22.3 Å². The minimum Gasteiger partial charge on any atom is -0.438 e. The Labute approximate surface area is 182 Å². The number of pyridine rings is 1. The van der Waals surface area contributed by atoms with E-state index in [1.807, 2.05) is 0 Å². The maximum Gasteiger partial charge on any atom is 0.508 e. The molecule has 162 valence electrons. The van der Waals surface area contributed by atoms with Crippen LogP contribution in [-0.2, 0) is 25.9 Å². The van der Waals surface area contributed by atoms with Gasteiger partial charge in [-0.25, -0.2) is 22.0 Å². The third-order valence-electron chi connectivity index (χ3n) is 4.33. The Hall–Kier alpha value is -3.04. The molecule has 0 aliphatic carbocycles. The lowest BCUT2D eigenvalue weighted by Gasteiger charge is -2.19. The summed E-state index contributed by atoms with van der Waals surface area (Å²) in [6, 6.07) is 10.7. The number of hydrogen-bond acceptors (Lipinski definition) is 6. The first kappa shape index (κ1) is 22.6. The first-order valence-corrected chi connectivity index (χ1v) is 10.7. The van der Waals surface area contributed by atoms with Gasteiger partial charge in [-0.3, -0.25) is 4.98 Å². The van der Waals surface area contributed by atoms with Crippen LogP contribution < -0.4 is 0 Å². The number of carbonyl (C=O) groups excluding carboxylic acids is 1. The summed E-state index contributed by atoms with van der Waals surface area (Å²) in [6.07, 6.45) is 0.383. The fourth-order valence-electron chi connectivity index (χ4n) is 2.84. The normalized spacial score (nSPS) is 12.3. The molecule has 1 heterocycles. The average molecular weight is 468 g/mol. The topological polar surface area (TPSA) is 82.6 Å². The summed E-state index contributed by atoms with van der Waals surface area (Å²) in [4.78, 5) is 15.1. The Bertz CT molecular complexity index is 1190. The zero-order chi connectivity index (χ0) is 22.6. The first-order valence-electron chi connectivity index (χ1n) is 8.82. The Morgan fingerprint density at radius 1 is 1.10 bits per heavy atom. The molecule has 0 bridgehead atoms. The highest BCUT2D eigenvalue weighted by atomic mass is 35.5. The number of hydrogen-bond donors (Lipinski definition) is 0.